The minimum Gasteiger partial charge on any atom is -0.493 e. The number of rotatable bonds is 10. The van der Waals surface area contributed by atoms with Gasteiger partial charge >= 0.3 is 11.9 Å². The lowest BCUT2D eigenvalue weighted by atomic mass is 9.69. The van der Waals surface area contributed by atoms with Crippen molar-refractivity contribution < 1.29 is 38.0 Å². The molecule has 9 heteroatoms. The Kier molecular flexibility index (Phi) is 7.85. The van der Waals surface area contributed by atoms with E-state index >= 15 is 0 Å². The number of nitrogens with zero attached hydrogens (tertiary/aromatic N) is 1. The second kappa shape index (κ2) is 10.9. The van der Waals surface area contributed by atoms with Gasteiger partial charge in [0.1, 0.15) is 0 Å². The number of esters is 2. The molecule has 37 heavy (non-hydrogen) atoms. The van der Waals surface area contributed by atoms with E-state index in [0.29, 0.717) is 11.5 Å². The van der Waals surface area contributed by atoms with Gasteiger partial charge in [0.2, 0.25) is 5.79 Å². The zero-order valence-corrected chi connectivity index (χ0v) is 21.8. The van der Waals surface area contributed by atoms with Gasteiger partial charge in [0.05, 0.1) is 39.6 Å². The average molecular weight is 512 g/mol. The lowest BCUT2D eigenvalue weighted by Crippen LogP contribution is -2.58. The quantitative estimate of drug-likeness (QED) is 0.437. The number of benzene rings is 2. The number of ether oxygens (including phenoxy) is 6. The SMILES string of the molecule is CCOC(=O)C1=N[C@H](c2ccccc2)[C@]2(C(=O)OCC)C[C@H](c3ccc(OC)c(OC)c3)O[C@]12OCC. The third-order valence-corrected chi connectivity index (χ3v) is 6.79. The Morgan fingerprint density at radius 2 is 1.62 bits per heavy atom. The van der Waals surface area contributed by atoms with Crippen LogP contribution in [0.2, 0.25) is 0 Å². The number of aliphatic imine (C=N–C) groups is 1. The first-order valence-electron chi connectivity index (χ1n) is 12.4. The molecule has 0 amide bonds. The van der Waals surface area contributed by atoms with Gasteiger partial charge in [0, 0.05) is 13.0 Å². The molecule has 198 valence electrons. The number of hydrogen-bond acceptors (Lipinski definition) is 9. The van der Waals surface area contributed by atoms with Crippen LogP contribution in [-0.2, 0) is 28.5 Å². The van der Waals surface area contributed by atoms with Crippen LogP contribution in [0.3, 0.4) is 0 Å². The molecule has 0 saturated carbocycles. The van der Waals surface area contributed by atoms with Crippen molar-refractivity contribution in [3.63, 3.8) is 0 Å². The summed E-state index contributed by atoms with van der Waals surface area (Å²) >= 11 is 0. The Morgan fingerprint density at radius 3 is 2.24 bits per heavy atom. The van der Waals surface area contributed by atoms with Crippen LogP contribution < -0.4 is 9.47 Å². The summed E-state index contributed by atoms with van der Waals surface area (Å²) in [6.45, 7) is 5.63. The maximum absolute atomic E-state index is 14.0. The number of methoxy groups -OCH3 is 2. The van der Waals surface area contributed by atoms with Gasteiger partial charge in [-0.1, -0.05) is 36.4 Å². The average Bonchev–Trinajstić information content (AvgIpc) is 3.39. The number of fused-ring (bicyclic) bond motifs is 1. The van der Waals surface area contributed by atoms with E-state index in [2.05, 4.69) is 0 Å². The van der Waals surface area contributed by atoms with Crippen molar-refractivity contribution in [3.05, 3.63) is 59.7 Å². The Balaban J connectivity index is 1.95. The van der Waals surface area contributed by atoms with Gasteiger partial charge in [0.15, 0.2) is 22.6 Å². The molecule has 0 aliphatic carbocycles. The number of carbonyl (C=O) groups is 2. The highest BCUT2D eigenvalue weighted by Crippen LogP contribution is 2.64. The van der Waals surface area contributed by atoms with Gasteiger partial charge in [-0.3, -0.25) is 9.79 Å². The minimum atomic E-state index is -1.82. The van der Waals surface area contributed by atoms with Gasteiger partial charge in [-0.25, -0.2) is 4.79 Å². The highest BCUT2D eigenvalue weighted by atomic mass is 16.7. The summed E-state index contributed by atoms with van der Waals surface area (Å²) in [4.78, 5) is 32.0. The second-order valence-corrected chi connectivity index (χ2v) is 8.68. The lowest BCUT2D eigenvalue weighted by Gasteiger charge is -2.39. The molecule has 0 N–H and O–H groups in total. The second-order valence-electron chi connectivity index (χ2n) is 8.68. The Bertz CT molecular complexity index is 1170. The molecule has 1 saturated heterocycles. The van der Waals surface area contributed by atoms with Gasteiger partial charge in [-0.05, 0) is 44.0 Å². The largest absolute Gasteiger partial charge is 0.493 e. The van der Waals surface area contributed by atoms with Crippen molar-refractivity contribution in [2.75, 3.05) is 34.0 Å². The van der Waals surface area contributed by atoms with Crippen LogP contribution in [0.25, 0.3) is 0 Å². The summed E-state index contributed by atoms with van der Waals surface area (Å²) in [6, 6.07) is 13.9. The zero-order valence-electron chi connectivity index (χ0n) is 21.8. The van der Waals surface area contributed by atoms with Crippen molar-refractivity contribution in [1.82, 2.24) is 0 Å². The van der Waals surface area contributed by atoms with Crippen LogP contribution in [0, 0.1) is 5.41 Å². The topological polar surface area (TPSA) is 102 Å². The molecule has 2 aromatic rings. The van der Waals surface area contributed by atoms with Crippen LogP contribution in [0.15, 0.2) is 53.5 Å². The molecule has 9 nitrogen and oxygen atoms in total. The molecular weight excluding hydrogens is 478 g/mol. The molecule has 0 aromatic heterocycles. The minimum absolute atomic E-state index is 0.0823. The van der Waals surface area contributed by atoms with Gasteiger partial charge in [-0.15, -0.1) is 0 Å². The molecule has 0 spiro atoms. The number of carbonyl (C=O) groups excluding carboxylic acids is 2. The molecule has 2 aromatic carbocycles. The summed E-state index contributed by atoms with van der Waals surface area (Å²) < 4.78 is 34.8. The molecule has 2 aliphatic rings. The smallest absolute Gasteiger partial charge is 0.357 e. The van der Waals surface area contributed by atoms with E-state index in [1.807, 2.05) is 36.4 Å². The van der Waals surface area contributed by atoms with Crippen molar-refractivity contribution in [2.45, 2.75) is 45.1 Å². The summed E-state index contributed by atoms with van der Waals surface area (Å²) in [5.41, 5.74) is -0.110. The van der Waals surface area contributed by atoms with Crippen LogP contribution in [0.4, 0.5) is 0 Å². The fourth-order valence-corrected chi connectivity index (χ4v) is 5.30. The third kappa shape index (κ3) is 4.26. The number of hydrogen-bond donors (Lipinski definition) is 0. The molecule has 4 atom stereocenters. The first-order valence-corrected chi connectivity index (χ1v) is 12.4. The van der Waals surface area contributed by atoms with E-state index in [0.717, 1.165) is 11.1 Å². The molecule has 0 radical (unpaired) electrons. The summed E-state index contributed by atoms with van der Waals surface area (Å²) in [5.74, 6) is -2.01. The molecule has 0 bridgehead atoms. The predicted octanol–water partition coefficient (Wildman–Crippen LogP) is 4.21. The van der Waals surface area contributed by atoms with Crippen LogP contribution in [0.1, 0.15) is 50.5 Å². The molecule has 2 heterocycles. The fourth-order valence-electron chi connectivity index (χ4n) is 5.30. The van der Waals surface area contributed by atoms with Crippen molar-refractivity contribution in [1.29, 1.82) is 0 Å². The van der Waals surface area contributed by atoms with Gasteiger partial charge in [0.25, 0.3) is 0 Å². The maximum Gasteiger partial charge on any atom is 0.357 e. The molecule has 2 aliphatic heterocycles. The van der Waals surface area contributed by atoms with Crippen LogP contribution >= 0.6 is 0 Å². The van der Waals surface area contributed by atoms with E-state index in [4.69, 9.17) is 33.4 Å². The molecule has 0 unspecified atom stereocenters. The summed E-state index contributed by atoms with van der Waals surface area (Å²) in [7, 11) is 3.10. The van der Waals surface area contributed by atoms with E-state index in [1.54, 1.807) is 47.1 Å². The fraction of sp³-hybridized carbons (Fsp3) is 0.464. The monoisotopic (exact) mass is 511 g/mol. The highest BCUT2D eigenvalue weighted by molar-refractivity contribution is 6.41. The third-order valence-electron chi connectivity index (χ3n) is 6.79. The summed E-state index contributed by atoms with van der Waals surface area (Å²) in [5, 5.41) is 0. The Labute approximate surface area is 216 Å². The highest BCUT2D eigenvalue weighted by Gasteiger charge is 2.77. The first kappa shape index (κ1) is 26.6. The molecule has 1 fully saturated rings. The standard InChI is InChI=1S/C28H33NO8/c1-6-34-25(30)24-28(36-8-3)27(26(31)35-7-2,23(29-24)18-12-10-9-11-13-18)17-22(37-28)19-14-15-20(32-4)21(16-19)33-5/h9-16,22-23H,6-8,17H2,1-5H3/t22-,23-,27+,28-/m1/s1. The molecular formula is C28H33NO8. The van der Waals surface area contributed by atoms with E-state index in [1.165, 1.54) is 0 Å². The zero-order chi connectivity index (χ0) is 26.6. The van der Waals surface area contributed by atoms with Crippen LogP contribution in [0.5, 0.6) is 11.5 Å². The Hall–Kier alpha value is -3.43. The normalized spacial score (nSPS) is 26.2. The van der Waals surface area contributed by atoms with Crippen molar-refractivity contribution >= 4 is 17.7 Å². The van der Waals surface area contributed by atoms with Gasteiger partial charge < -0.3 is 28.4 Å². The van der Waals surface area contributed by atoms with E-state index < -0.39 is 35.3 Å². The predicted molar refractivity (Wildman–Crippen MR) is 135 cm³/mol. The Morgan fingerprint density at radius 1 is 0.919 bits per heavy atom. The first-order chi connectivity index (χ1) is 17.9. The molecule has 4 rings (SSSR count). The van der Waals surface area contributed by atoms with Gasteiger partial charge in [-0.2, -0.15) is 0 Å². The van der Waals surface area contributed by atoms with E-state index in [9.17, 15) is 9.59 Å². The summed E-state index contributed by atoms with van der Waals surface area (Å²) in [6.07, 6.45) is -0.505. The van der Waals surface area contributed by atoms with E-state index in [-0.39, 0.29) is 32.0 Å². The van der Waals surface area contributed by atoms with Crippen LogP contribution in [-0.4, -0.2) is 57.5 Å². The van der Waals surface area contributed by atoms with Crippen molar-refractivity contribution in [3.8, 4) is 11.5 Å². The maximum atomic E-state index is 14.0. The van der Waals surface area contributed by atoms with Crippen molar-refractivity contribution in [2.24, 2.45) is 10.4 Å². The lowest BCUT2D eigenvalue weighted by molar-refractivity contribution is -0.227.